The normalized spacial score (nSPS) is 14.0. The molecule has 9 heteroatoms. The van der Waals surface area contributed by atoms with Crippen LogP contribution in [0.3, 0.4) is 0 Å². The molecule has 2 heterocycles. The minimum Gasteiger partial charge on any atom is -0.368 e. The van der Waals surface area contributed by atoms with E-state index >= 15 is 0 Å². The summed E-state index contributed by atoms with van der Waals surface area (Å²) in [5.41, 5.74) is 5.36. The number of fused-ring (bicyclic) bond motifs is 1. The van der Waals surface area contributed by atoms with Crippen molar-refractivity contribution in [1.82, 2.24) is 20.3 Å². The van der Waals surface area contributed by atoms with Gasteiger partial charge in [0.05, 0.1) is 17.3 Å². The minimum atomic E-state index is -4.60. The average Bonchev–Trinajstić information content (AvgIpc) is 3.07. The molecule has 1 aliphatic carbocycles. The number of nitrogen functional groups attached to an aromatic ring is 1. The van der Waals surface area contributed by atoms with E-state index in [0.717, 1.165) is 12.6 Å². The van der Waals surface area contributed by atoms with Gasteiger partial charge in [0.15, 0.2) is 0 Å². The van der Waals surface area contributed by atoms with Gasteiger partial charge < -0.3 is 16.0 Å². The first-order valence-electron chi connectivity index (χ1n) is 9.28. The summed E-state index contributed by atoms with van der Waals surface area (Å²) in [6.45, 7) is 3.31. The molecule has 0 saturated heterocycles. The lowest BCUT2D eigenvalue weighted by atomic mass is 9.93. The SMILES string of the molecule is CCNC1CCC1.N#Cc1ccc2c(-c3nc(N)ncc3C(F)(F)F)c[nH]c2c1. The highest BCUT2D eigenvalue weighted by Crippen LogP contribution is 2.38. The summed E-state index contributed by atoms with van der Waals surface area (Å²) in [6.07, 6.45) is 1.74. The Morgan fingerprint density at radius 3 is 2.66 bits per heavy atom. The molecule has 0 amide bonds. The van der Waals surface area contributed by atoms with Crippen molar-refractivity contribution in [3.63, 3.8) is 0 Å². The Bertz CT molecular complexity index is 1030. The number of aromatic nitrogens is 3. The van der Waals surface area contributed by atoms with Gasteiger partial charge >= 0.3 is 6.18 Å². The summed E-state index contributed by atoms with van der Waals surface area (Å²) >= 11 is 0. The first kappa shape index (κ1) is 20.6. The number of nitrogens with one attached hydrogen (secondary N) is 2. The van der Waals surface area contributed by atoms with Crippen LogP contribution >= 0.6 is 0 Å². The summed E-state index contributed by atoms with van der Waals surface area (Å²) in [7, 11) is 0. The van der Waals surface area contributed by atoms with E-state index in [-0.39, 0.29) is 17.2 Å². The van der Waals surface area contributed by atoms with E-state index in [4.69, 9.17) is 11.0 Å². The Balaban J connectivity index is 0.000000290. The van der Waals surface area contributed by atoms with Gasteiger partial charge in [-0.2, -0.15) is 18.4 Å². The Labute approximate surface area is 166 Å². The zero-order chi connectivity index (χ0) is 21.0. The Kier molecular flexibility index (Phi) is 6.03. The van der Waals surface area contributed by atoms with Crippen LogP contribution in [0.25, 0.3) is 22.2 Å². The van der Waals surface area contributed by atoms with E-state index in [1.54, 1.807) is 12.1 Å². The largest absolute Gasteiger partial charge is 0.419 e. The zero-order valence-corrected chi connectivity index (χ0v) is 15.8. The van der Waals surface area contributed by atoms with Crippen LogP contribution in [0, 0.1) is 11.3 Å². The number of halogens is 3. The third-order valence-corrected chi connectivity index (χ3v) is 4.78. The highest BCUT2D eigenvalue weighted by atomic mass is 19.4. The van der Waals surface area contributed by atoms with Crippen molar-refractivity contribution in [1.29, 1.82) is 5.26 Å². The molecule has 1 fully saturated rings. The van der Waals surface area contributed by atoms with Gasteiger partial charge in [0, 0.05) is 34.9 Å². The smallest absolute Gasteiger partial charge is 0.368 e. The van der Waals surface area contributed by atoms with Crippen molar-refractivity contribution in [3.8, 4) is 17.3 Å². The lowest BCUT2D eigenvalue weighted by Crippen LogP contribution is -2.34. The third-order valence-electron chi connectivity index (χ3n) is 4.78. The molecule has 0 radical (unpaired) electrons. The van der Waals surface area contributed by atoms with Crippen LogP contribution in [-0.2, 0) is 6.18 Å². The fourth-order valence-electron chi connectivity index (χ4n) is 3.10. The van der Waals surface area contributed by atoms with Gasteiger partial charge in [0.25, 0.3) is 0 Å². The fraction of sp³-hybridized carbons (Fsp3) is 0.350. The molecule has 1 aliphatic rings. The molecule has 29 heavy (non-hydrogen) atoms. The lowest BCUT2D eigenvalue weighted by molar-refractivity contribution is -0.137. The van der Waals surface area contributed by atoms with Crippen LogP contribution in [0.15, 0.2) is 30.6 Å². The molecule has 1 aromatic carbocycles. The van der Waals surface area contributed by atoms with E-state index in [0.29, 0.717) is 22.7 Å². The van der Waals surface area contributed by atoms with Gasteiger partial charge in [-0.25, -0.2) is 9.97 Å². The van der Waals surface area contributed by atoms with Gasteiger partial charge in [-0.05, 0) is 31.5 Å². The van der Waals surface area contributed by atoms with E-state index in [1.165, 1.54) is 31.5 Å². The number of alkyl halides is 3. The summed E-state index contributed by atoms with van der Waals surface area (Å²) in [5, 5.41) is 12.8. The van der Waals surface area contributed by atoms with Crippen LogP contribution in [0.1, 0.15) is 37.3 Å². The van der Waals surface area contributed by atoms with Gasteiger partial charge in [-0.3, -0.25) is 0 Å². The second-order valence-corrected chi connectivity index (χ2v) is 6.75. The number of nitriles is 1. The van der Waals surface area contributed by atoms with Crippen molar-refractivity contribution < 1.29 is 13.2 Å². The van der Waals surface area contributed by atoms with Crippen molar-refractivity contribution >= 4 is 16.9 Å². The second kappa shape index (κ2) is 8.49. The number of hydrogen-bond acceptors (Lipinski definition) is 5. The highest BCUT2D eigenvalue weighted by Gasteiger charge is 2.35. The number of H-pyrrole nitrogens is 1. The maximum Gasteiger partial charge on any atom is 0.419 e. The molecule has 3 aromatic rings. The maximum absolute atomic E-state index is 13.1. The molecule has 2 aromatic heterocycles. The molecular formula is C20H21F3N6. The molecular weight excluding hydrogens is 381 g/mol. The summed E-state index contributed by atoms with van der Waals surface area (Å²) in [5.74, 6) is -0.244. The predicted molar refractivity (Wildman–Crippen MR) is 105 cm³/mol. The van der Waals surface area contributed by atoms with E-state index in [1.807, 2.05) is 6.07 Å². The molecule has 0 spiro atoms. The standard InChI is InChI=1S/C14H8F3N5.C6H13N/c15-14(16,17)10-6-21-13(19)22-12(10)9-5-20-11-3-7(4-18)1-2-8(9)11;1-2-7-6-4-3-5-6/h1-3,5-6,20H,(H2,19,21,22);6-7H,2-5H2,1H3. The Morgan fingerprint density at radius 1 is 1.34 bits per heavy atom. The van der Waals surface area contributed by atoms with Crippen LogP contribution in [-0.4, -0.2) is 27.5 Å². The molecule has 0 bridgehead atoms. The van der Waals surface area contributed by atoms with Crippen molar-refractivity contribution in [2.75, 3.05) is 12.3 Å². The van der Waals surface area contributed by atoms with Crippen molar-refractivity contribution in [2.24, 2.45) is 0 Å². The van der Waals surface area contributed by atoms with Crippen LogP contribution in [0.5, 0.6) is 0 Å². The number of aromatic amines is 1. The number of anilines is 1. The Hall–Kier alpha value is -3.12. The first-order chi connectivity index (χ1) is 13.8. The van der Waals surface area contributed by atoms with Crippen molar-refractivity contribution in [3.05, 3.63) is 41.7 Å². The summed E-state index contributed by atoms with van der Waals surface area (Å²) < 4.78 is 39.4. The van der Waals surface area contributed by atoms with Crippen LogP contribution in [0.2, 0.25) is 0 Å². The summed E-state index contributed by atoms with van der Waals surface area (Å²) in [6, 6.07) is 7.49. The first-order valence-corrected chi connectivity index (χ1v) is 9.28. The number of hydrogen-bond donors (Lipinski definition) is 3. The van der Waals surface area contributed by atoms with E-state index in [2.05, 4.69) is 27.2 Å². The number of rotatable bonds is 3. The highest BCUT2D eigenvalue weighted by molar-refractivity contribution is 5.96. The molecule has 0 unspecified atom stereocenters. The molecule has 0 aliphatic heterocycles. The molecule has 0 atom stereocenters. The lowest BCUT2D eigenvalue weighted by Gasteiger charge is -2.25. The fourth-order valence-corrected chi connectivity index (χ4v) is 3.10. The quantitative estimate of drug-likeness (QED) is 0.608. The third kappa shape index (κ3) is 4.66. The number of nitrogens with zero attached hydrogens (tertiary/aromatic N) is 3. The van der Waals surface area contributed by atoms with Gasteiger partial charge in [0.2, 0.25) is 5.95 Å². The van der Waals surface area contributed by atoms with Gasteiger partial charge in [-0.1, -0.05) is 19.4 Å². The number of nitrogens with two attached hydrogens (primary N) is 1. The molecule has 4 rings (SSSR count). The van der Waals surface area contributed by atoms with Crippen LogP contribution in [0.4, 0.5) is 19.1 Å². The van der Waals surface area contributed by atoms with E-state index < -0.39 is 11.7 Å². The van der Waals surface area contributed by atoms with Gasteiger partial charge in [0.1, 0.15) is 5.56 Å². The molecule has 6 nitrogen and oxygen atoms in total. The molecule has 152 valence electrons. The van der Waals surface area contributed by atoms with Crippen molar-refractivity contribution in [2.45, 2.75) is 38.4 Å². The average molecular weight is 402 g/mol. The second-order valence-electron chi connectivity index (χ2n) is 6.75. The molecule has 4 N–H and O–H groups in total. The predicted octanol–water partition coefficient (Wildman–Crippen LogP) is 4.25. The van der Waals surface area contributed by atoms with Crippen LogP contribution < -0.4 is 11.1 Å². The molecule has 1 saturated carbocycles. The zero-order valence-electron chi connectivity index (χ0n) is 15.8. The van der Waals surface area contributed by atoms with Gasteiger partial charge in [-0.15, -0.1) is 0 Å². The minimum absolute atomic E-state index is 0.244. The summed E-state index contributed by atoms with van der Waals surface area (Å²) in [4.78, 5) is 9.99. The monoisotopic (exact) mass is 402 g/mol. The Morgan fingerprint density at radius 2 is 2.10 bits per heavy atom. The van der Waals surface area contributed by atoms with E-state index in [9.17, 15) is 13.2 Å². The number of benzene rings is 1. The maximum atomic E-state index is 13.1. The topological polar surface area (TPSA) is 103 Å².